The lowest BCUT2D eigenvalue weighted by Crippen LogP contribution is -1.94. The summed E-state index contributed by atoms with van der Waals surface area (Å²) in [5.41, 5.74) is 0. The van der Waals surface area contributed by atoms with Gasteiger partial charge in [-0.15, -0.1) is 0 Å². The van der Waals surface area contributed by atoms with Crippen LogP contribution in [0.2, 0.25) is 0 Å². The van der Waals surface area contributed by atoms with Crippen LogP contribution >= 0.6 is 0 Å². The third-order valence-electron chi connectivity index (χ3n) is 0.873. The molecule has 0 heterocycles. The van der Waals surface area contributed by atoms with Crippen LogP contribution in [0.4, 0.5) is 0 Å². The molecule has 0 aliphatic rings. The number of nitro groups is 1. The van der Waals surface area contributed by atoms with Crippen molar-refractivity contribution in [1.82, 2.24) is 0 Å². The normalized spacial score (nSPS) is 11.3. The Labute approximate surface area is 60.2 Å². The second-order valence-electron chi connectivity index (χ2n) is 1.78. The molecule has 0 spiro atoms. The van der Waals surface area contributed by atoms with Gasteiger partial charge in [-0.2, -0.15) is 0 Å². The first-order chi connectivity index (χ1) is 4.77. The highest BCUT2D eigenvalue weighted by molar-refractivity contribution is 5.01. The fourth-order valence-corrected chi connectivity index (χ4v) is 0.440. The van der Waals surface area contributed by atoms with Gasteiger partial charge in [0.2, 0.25) is 6.54 Å². The molecule has 0 aliphatic carbocycles. The summed E-state index contributed by atoms with van der Waals surface area (Å²) in [6.07, 6.45) is 7.92. The monoisotopic (exact) mass is 141 g/mol. The molecule has 0 bridgehead atoms. The Balaban J connectivity index is 3.37. The van der Waals surface area contributed by atoms with E-state index >= 15 is 0 Å². The zero-order chi connectivity index (χ0) is 7.82. The topological polar surface area (TPSA) is 43.1 Å². The van der Waals surface area contributed by atoms with Crippen molar-refractivity contribution >= 4 is 0 Å². The van der Waals surface area contributed by atoms with E-state index in [-0.39, 0.29) is 11.5 Å². The van der Waals surface area contributed by atoms with Crippen LogP contribution in [-0.2, 0) is 0 Å². The van der Waals surface area contributed by atoms with Gasteiger partial charge in [0.05, 0.1) is 0 Å². The van der Waals surface area contributed by atoms with Crippen LogP contribution in [0.15, 0.2) is 24.3 Å². The first kappa shape index (κ1) is 8.88. The van der Waals surface area contributed by atoms with Gasteiger partial charge < -0.3 is 0 Å². The summed E-state index contributed by atoms with van der Waals surface area (Å²) in [6.45, 7) is 1.92. The lowest BCUT2D eigenvalue weighted by Gasteiger charge is -1.80. The minimum atomic E-state index is -0.365. The summed E-state index contributed by atoms with van der Waals surface area (Å²) < 4.78 is 0. The van der Waals surface area contributed by atoms with Crippen LogP contribution in [0, 0.1) is 10.1 Å². The van der Waals surface area contributed by atoms with Crippen molar-refractivity contribution in [2.24, 2.45) is 0 Å². The summed E-state index contributed by atoms with van der Waals surface area (Å²) >= 11 is 0. The van der Waals surface area contributed by atoms with Crippen molar-refractivity contribution in [3.63, 3.8) is 0 Å². The van der Waals surface area contributed by atoms with Gasteiger partial charge in [0.25, 0.3) is 0 Å². The maximum atomic E-state index is 9.76. The van der Waals surface area contributed by atoms with Gasteiger partial charge in [-0.1, -0.05) is 25.2 Å². The van der Waals surface area contributed by atoms with E-state index in [1.54, 1.807) is 6.08 Å². The lowest BCUT2D eigenvalue weighted by molar-refractivity contribution is -0.468. The molecule has 0 aromatic rings. The molecule has 0 unspecified atom stereocenters. The van der Waals surface area contributed by atoms with Crippen molar-refractivity contribution in [1.29, 1.82) is 0 Å². The molecule has 0 saturated carbocycles. The van der Waals surface area contributed by atoms with E-state index in [1.165, 1.54) is 6.08 Å². The molecule has 10 heavy (non-hydrogen) atoms. The summed E-state index contributed by atoms with van der Waals surface area (Å²) in [5.74, 6) is 0. The fourth-order valence-electron chi connectivity index (χ4n) is 0.440. The number of hydrogen-bond acceptors (Lipinski definition) is 2. The Morgan fingerprint density at radius 1 is 1.40 bits per heavy atom. The molecule has 0 aromatic heterocycles. The van der Waals surface area contributed by atoms with Crippen LogP contribution < -0.4 is 0 Å². The molecule has 0 aliphatic heterocycles. The number of hydrogen-bond donors (Lipinski definition) is 0. The maximum absolute atomic E-state index is 9.76. The van der Waals surface area contributed by atoms with Gasteiger partial charge >= 0.3 is 0 Å². The van der Waals surface area contributed by atoms with Gasteiger partial charge in [-0.3, -0.25) is 10.1 Å². The Morgan fingerprint density at radius 3 is 2.50 bits per heavy atom. The second kappa shape index (κ2) is 6.01. The largest absolute Gasteiger partial charge is 0.264 e. The summed E-state index contributed by atoms with van der Waals surface area (Å²) in [6, 6.07) is 0. The van der Waals surface area contributed by atoms with Crippen molar-refractivity contribution < 1.29 is 4.92 Å². The van der Waals surface area contributed by atoms with Gasteiger partial charge in [-0.25, -0.2) is 0 Å². The number of nitrogens with zero attached hydrogens (tertiary/aromatic N) is 1. The Bertz CT molecular complexity index is 150. The van der Waals surface area contributed by atoms with E-state index in [4.69, 9.17) is 0 Å². The lowest BCUT2D eigenvalue weighted by atomic mass is 10.4. The number of allylic oxidation sites excluding steroid dienone is 3. The van der Waals surface area contributed by atoms with E-state index < -0.39 is 0 Å². The smallest absolute Gasteiger partial charge is 0.222 e. The molecule has 0 atom stereocenters. The Hall–Kier alpha value is -1.12. The van der Waals surface area contributed by atoms with Crippen LogP contribution in [0.25, 0.3) is 0 Å². The van der Waals surface area contributed by atoms with Gasteiger partial charge in [0, 0.05) is 4.92 Å². The fraction of sp³-hybridized carbons (Fsp3) is 0.429. The maximum Gasteiger partial charge on any atom is 0.222 e. The molecule has 56 valence electrons. The summed E-state index contributed by atoms with van der Waals surface area (Å²) in [7, 11) is 0. The molecule has 3 nitrogen and oxygen atoms in total. The van der Waals surface area contributed by atoms with E-state index in [9.17, 15) is 10.1 Å². The molecule has 0 saturated heterocycles. The van der Waals surface area contributed by atoms with Crippen molar-refractivity contribution in [3.05, 3.63) is 34.4 Å². The third kappa shape index (κ3) is 6.88. The average molecular weight is 141 g/mol. The highest BCUT2D eigenvalue weighted by Crippen LogP contribution is 1.81. The average Bonchev–Trinajstić information content (AvgIpc) is 1.87. The third-order valence-corrected chi connectivity index (χ3v) is 0.873. The predicted molar refractivity (Wildman–Crippen MR) is 40.4 cm³/mol. The van der Waals surface area contributed by atoms with E-state index in [2.05, 4.69) is 0 Å². The van der Waals surface area contributed by atoms with E-state index in [0.717, 1.165) is 6.42 Å². The second-order valence-corrected chi connectivity index (χ2v) is 1.78. The SMILES string of the molecule is CC/C=C\C=C/C[N+](=O)[O-]. The molecular weight excluding hydrogens is 130 g/mol. The minimum Gasteiger partial charge on any atom is -0.264 e. The molecule has 0 rings (SSSR count). The highest BCUT2D eigenvalue weighted by Gasteiger charge is 1.84. The van der Waals surface area contributed by atoms with Gasteiger partial charge in [-0.05, 0) is 12.5 Å². The van der Waals surface area contributed by atoms with Crippen LogP contribution in [0.1, 0.15) is 13.3 Å². The molecule has 0 fully saturated rings. The predicted octanol–water partition coefficient (Wildman–Crippen LogP) is 1.79. The van der Waals surface area contributed by atoms with Crippen molar-refractivity contribution in [2.75, 3.05) is 6.54 Å². The quantitative estimate of drug-likeness (QED) is 0.340. The highest BCUT2D eigenvalue weighted by atomic mass is 16.6. The summed E-state index contributed by atoms with van der Waals surface area (Å²) in [4.78, 5) is 9.40. The van der Waals surface area contributed by atoms with Crippen LogP contribution in [0.3, 0.4) is 0 Å². The van der Waals surface area contributed by atoms with Gasteiger partial charge in [0.15, 0.2) is 0 Å². The molecule has 0 aromatic carbocycles. The first-order valence-electron chi connectivity index (χ1n) is 3.20. The van der Waals surface area contributed by atoms with Crippen LogP contribution in [-0.4, -0.2) is 11.5 Å². The Kier molecular flexibility index (Phi) is 5.33. The van der Waals surface area contributed by atoms with Crippen molar-refractivity contribution in [2.45, 2.75) is 13.3 Å². The van der Waals surface area contributed by atoms with Crippen molar-refractivity contribution in [3.8, 4) is 0 Å². The molecule has 3 heteroatoms. The van der Waals surface area contributed by atoms with Crippen LogP contribution in [0.5, 0.6) is 0 Å². The molecule has 0 radical (unpaired) electrons. The molecule has 0 N–H and O–H groups in total. The number of rotatable bonds is 4. The zero-order valence-electron chi connectivity index (χ0n) is 5.99. The molecular formula is C7H11NO2. The Morgan fingerprint density at radius 2 is 2.00 bits per heavy atom. The van der Waals surface area contributed by atoms with E-state index in [1.807, 2.05) is 19.1 Å². The van der Waals surface area contributed by atoms with E-state index in [0.29, 0.717) is 0 Å². The summed E-state index contributed by atoms with van der Waals surface area (Å²) in [5, 5.41) is 9.76. The molecule has 0 amide bonds. The zero-order valence-corrected chi connectivity index (χ0v) is 5.99. The minimum absolute atomic E-state index is 0.0892. The van der Waals surface area contributed by atoms with Gasteiger partial charge in [0.1, 0.15) is 0 Å². The first-order valence-corrected chi connectivity index (χ1v) is 3.20. The standard InChI is InChI=1S/C7H11NO2/c1-2-3-4-5-6-7-8(9)10/h3-6H,2,7H2,1H3/b4-3-,6-5-.